The van der Waals surface area contributed by atoms with Gasteiger partial charge in [-0.25, -0.2) is 0 Å². The summed E-state index contributed by atoms with van der Waals surface area (Å²) < 4.78 is 0. The monoisotopic (exact) mass is 282 g/mol. The number of benzene rings is 2. The van der Waals surface area contributed by atoms with Crippen molar-refractivity contribution in [1.29, 1.82) is 0 Å². The topological polar surface area (TPSA) is 32.3 Å². The fraction of sp³-hybridized carbons (Fsp3) is 0.278. The number of nitrogens with zero attached hydrogens (tertiary/aromatic N) is 1. The average Bonchev–Trinajstić information content (AvgIpc) is 2.45. The molecule has 110 valence electrons. The van der Waals surface area contributed by atoms with Crippen molar-refractivity contribution >= 4 is 5.91 Å². The van der Waals surface area contributed by atoms with Crippen LogP contribution >= 0.6 is 0 Å². The van der Waals surface area contributed by atoms with E-state index in [1.54, 1.807) is 0 Å². The van der Waals surface area contributed by atoms with Crippen molar-refractivity contribution in [2.45, 2.75) is 20.0 Å². The molecule has 0 aliphatic carbocycles. The molecule has 0 aliphatic rings. The van der Waals surface area contributed by atoms with Gasteiger partial charge in [-0.3, -0.25) is 4.79 Å². The maximum atomic E-state index is 12.1. The zero-order chi connectivity index (χ0) is 15.2. The van der Waals surface area contributed by atoms with Gasteiger partial charge in [0, 0.05) is 18.7 Å². The Bertz CT molecular complexity index is 603. The zero-order valence-corrected chi connectivity index (χ0v) is 12.9. The molecule has 1 N–H and O–H groups in total. The zero-order valence-electron chi connectivity index (χ0n) is 12.9. The summed E-state index contributed by atoms with van der Waals surface area (Å²) in [5.74, 6) is -0.0314. The van der Waals surface area contributed by atoms with Gasteiger partial charge in [0.2, 0.25) is 0 Å². The molecule has 0 radical (unpaired) electrons. The lowest BCUT2D eigenvalue weighted by molar-refractivity contribution is 0.0951. The SMILES string of the molecule is Cc1cccc(C(=O)NCc2ccc(CN(C)C)cc2)c1. The molecule has 0 spiro atoms. The van der Waals surface area contributed by atoms with Crippen molar-refractivity contribution < 1.29 is 4.79 Å². The average molecular weight is 282 g/mol. The number of nitrogens with one attached hydrogen (secondary N) is 1. The van der Waals surface area contributed by atoms with Gasteiger partial charge in [0.15, 0.2) is 0 Å². The Balaban J connectivity index is 1.92. The molecular formula is C18H22N2O. The second-order valence-electron chi connectivity index (χ2n) is 5.61. The van der Waals surface area contributed by atoms with Crippen LogP contribution in [0.1, 0.15) is 27.0 Å². The van der Waals surface area contributed by atoms with Gasteiger partial charge in [0.25, 0.3) is 5.91 Å². The number of carbonyl (C=O) groups excluding carboxylic acids is 1. The number of rotatable bonds is 5. The summed E-state index contributed by atoms with van der Waals surface area (Å²) in [6.07, 6.45) is 0. The molecule has 0 fully saturated rings. The third-order valence-electron chi connectivity index (χ3n) is 3.26. The molecule has 0 unspecified atom stereocenters. The highest BCUT2D eigenvalue weighted by molar-refractivity contribution is 5.94. The highest BCUT2D eigenvalue weighted by atomic mass is 16.1. The van der Waals surface area contributed by atoms with Crippen LogP contribution in [0.3, 0.4) is 0 Å². The van der Waals surface area contributed by atoms with Crippen LogP contribution in [0.2, 0.25) is 0 Å². The van der Waals surface area contributed by atoms with Gasteiger partial charge in [-0.2, -0.15) is 0 Å². The van der Waals surface area contributed by atoms with E-state index in [2.05, 4.69) is 48.6 Å². The maximum absolute atomic E-state index is 12.1. The Morgan fingerprint density at radius 1 is 1.05 bits per heavy atom. The molecule has 2 rings (SSSR count). The van der Waals surface area contributed by atoms with Crippen molar-refractivity contribution in [3.8, 4) is 0 Å². The Morgan fingerprint density at radius 2 is 1.71 bits per heavy atom. The van der Waals surface area contributed by atoms with Crippen LogP contribution in [0.4, 0.5) is 0 Å². The van der Waals surface area contributed by atoms with Crippen LogP contribution in [-0.4, -0.2) is 24.9 Å². The van der Waals surface area contributed by atoms with E-state index in [0.717, 1.165) is 17.7 Å². The van der Waals surface area contributed by atoms with E-state index in [1.807, 2.05) is 31.2 Å². The molecule has 0 saturated carbocycles. The standard InChI is InChI=1S/C18H22N2O/c1-14-5-4-6-17(11-14)18(21)19-12-15-7-9-16(10-8-15)13-20(2)3/h4-11H,12-13H2,1-3H3,(H,19,21). The summed E-state index contributed by atoms with van der Waals surface area (Å²) in [6.45, 7) is 3.46. The van der Waals surface area contributed by atoms with Crippen LogP contribution in [-0.2, 0) is 13.1 Å². The predicted molar refractivity (Wildman–Crippen MR) is 86.2 cm³/mol. The number of hydrogen-bond donors (Lipinski definition) is 1. The number of aryl methyl sites for hydroxylation is 1. The minimum atomic E-state index is -0.0314. The summed E-state index contributed by atoms with van der Waals surface area (Å²) >= 11 is 0. The van der Waals surface area contributed by atoms with E-state index in [4.69, 9.17) is 0 Å². The first-order chi connectivity index (χ1) is 10.0. The lowest BCUT2D eigenvalue weighted by atomic mass is 10.1. The molecule has 0 aromatic heterocycles. The molecular weight excluding hydrogens is 260 g/mol. The van der Waals surface area contributed by atoms with Gasteiger partial charge in [-0.1, -0.05) is 42.0 Å². The van der Waals surface area contributed by atoms with Gasteiger partial charge in [-0.05, 0) is 44.3 Å². The van der Waals surface area contributed by atoms with Gasteiger partial charge in [0.1, 0.15) is 0 Å². The van der Waals surface area contributed by atoms with E-state index in [9.17, 15) is 4.79 Å². The Kier molecular flexibility index (Phi) is 5.12. The summed E-state index contributed by atoms with van der Waals surface area (Å²) in [5, 5.41) is 2.95. The third kappa shape index (κ3) is 4.72. The van der Waals surface area contributed by atoms with Crippen molar-refractivity contribution in [2.24, 2.45) is 0 Å². The summed E-state index contributed by atoms with van der Waals surface area (Å²) in [7, 11) is 4.10. The first-order valence-electron chi connectivity index (χ1n) is 7.12. The highest BCUT2D eigenvalue weighted by Gasteiger charge is 2.05. The van der Waals surface area contributed by atoms with Crippen LogP contribution < -0.4 is 5.32 Å². The van der Waals surface area contributed by atoms with Crippen molar-refractivity contribution in [3.63, 3.8) is 0 Å². The van der Waals surface area contributed by atoms with Crippen LogP contribution in [0.25, 0.3) is 0 Å². The molecule has 1 amide bonds. The van der Waals surface area contributed by atoms with E-state index in [1.165, 1.54) is 5.56 Å². The van der Waals surface area contributed by atoms with Crippen LogP contribution in [0, 0.1) is 6.92 Å². The van der Waals surface area contributed by atoms with E-state index >= 15 is 0 Å². The maximum Gasteiger partial charge on any atom is 0.251 e. The molecule has 3 heteroatoms. The molecule has 3 nitrogen and oxygen atoms in total. The fourth-order valence-electron chi connectivity index (χ4n) is 2.20. The molecule has 0 bridgehead atoms. The van der Waals surface area contributed by atoms with Gasteiger partial charge < -0.3 is 10.2 Å². The lowest BCUT2D eigenvalue weighted by Crippen LogP contribution is -2.22. The van der Waals surface area contributed by atoms with Crippen molar-refractivity contribution in [3.05, 3.63) is 70.8 Å². The highest BCUT2D eigenvalue weighted by Crippen LogP contribution is 2.07. The van der Waals surface area contributed by atoms with Gasteiger partial charge in [-0.15, -0.1) is 0 Å². The largest absolute Gasteiger partial charge is 0.348 e. The van der Waals surface area contributed by atoms with E-state index < -0.39 is 0 Å². The second-order valence-corrected chi connectivity index (χ2v) is 5.61. The fourth-order valence-corrected chi connectivity index (χ4v) is 2.20. The molecule has 21 heavy (non-hydrogen) atoms. The second kappa shape index (κ2) is 7.04. The smallest absolute Gasteiger partial charge is 0.251 e. The van der Waals surface area contributed by atoms with Crippen LogP contribution in [0.5, 0.6) is 0 Å². The van der Waals surface area contributed by atoms with Crippen molar-refractivity contribution in [1.82, 2.24) is 10.2 Å². The molecule has 0 heterocycles. The Hall–Kier alpha value is -2.13. The first-order valence-corrected chi connectivity index (χ1v) is 7.12. The summed E-state index contributed by atoms with van der Waals surface area (Å²) in [6, 6.07) is 16.0. The minimum Gasteiger partial charge on any atom is -0.348 e. The number of hydrogen-bond acceptors (Lipinski definition) is 2. The van der Waals surface area contributed by atoms with Crippen LogP contribution in [0.15, 0.2) is 48.5 Å². The number of amides is 1. The summed E-state index contributed by atoms with van der Waals surface area (Å²) in [5.41, 5.74) is 4.18. The first kappa shape index (κ1) is 15.3. The predicted octanol–water partition coefficient (Wildman–Crippen LogP) is 2.99. The normalized spacial score (nSPS) is 10.7. The van der Waals surface area contributed by atoms with Gasteiger partial charge >= 0.3 is 0 Å². The summed E-state index contributed by atoms with van der Waals surface area (Å²) in [4.78, 5) is 14.2. The minimum absolute atomic E-state index is 0.0314. The van der Waals surface area contributed by atoms with E-state index in [-0.39, 0.29) is 5.91 Å². The third-order valence-corrected chi connectivity index (χ3v) is 3.26. The molecule has 0 aliphatic heterocycles. The molecule has 0 atom stereocenters. The Labute approximate surface area is 126 Å². The molecule has 2 aromatic carbocycles. The Morgan fingerprint density at radius 3 is 2.33 bits per heavy atom. The lowest BCUT2D eigenvalue weighted by Gasteiger charge is -2.10. The van der Waals surface area contributed by atoms with Gasteiger partial charge in [0.05, 0.1) is 0 Å². The molecule has 0 saturated heterocycles. The quantitative estimate of drug-likeness (QED) is 0.914. The molecule has 2 aromatic rings. The van der Waals surface area contributed by atoms with Crippen molar-refractivity contribution in [2.75, 3.05) is 14.1 Å². The number of carbonyl (C=O) groups is 1. The van der Waals surface area contributed by atoms with E-state index in [0.29, 0.717) is 12.1 Å².